The monoisotopic (exact) mass is 383 g/mol. The van der Waals surface area contributed by atoms with E-state index in [0.29, 0.717) is 12.2 Å². The first-order chi connectivity index (χ1) is 13.4. The van der Waals surface area contributed by atoms with Crippen LogP contribution >= 0.6 is 0 Å². The molecule has 0 aliphatic carbocycles. The summed E-state index contributed by atoms with van der Waals surface area (Å²) in [5, 5.41) is 4.03. The van der Waals surface area contributed by atoms with Crippen LogP contribution < -0.4 is 0 Å². The summed E-state index contributed by atoms with van der Waals surface area (Å²) < 4.78 is 33.5. The molecule has 144 valence electrons. The predicted molar refractivity (Wildman–Crippen MR) is 98.1 cm³/mol. The van der Waals surface area contributed by atoms with Gasteiger partial charge in [0.25, 0.3) is 0 Å². The van der Waals surface area contributed by atoms with E-state index >= 15 is 0 Å². The number of carbonyl (C=O) groups excluding carboxylic acids is 1. The number of nitrogens with zero attached hydrogens (tertiary/aromatic N) is 3. The van der Waals surface area contributed by atoms with E-state index in [0.717, 1.165) is 16.7 Å². The van der Waals surface area contributed by atoms with Crippen molar-refractivity contribution in [3.05, 3.63) is 70.6 Å². The molecule has 1 aromatic heterocycles. The Morgan fingerprint density at radius 3 is 2.61 bits per heavy atom. The van der Waals surface area contributed by atoms with Crippen LogP contribution in [0.25, 0.3) is 11.4 Å². The molecule has 1 saturated heterocycles. The molecule has 0 spiro atoms. The molecule has 1 amide bonds. The standard InChI is InChI=1S/C21H19F2N3O2/c1-12-6-7-14(10-13(12)2)20-24-21(28-25-20)18-8-9-19(27)26(18)11-15-16(22)4-3-5-17(15)23/h3-7,10,18H,8-9,11H2,1-2H3. The van der Waals surface area contributed by atoms with Crippen LogP contribution in [0, 0.1) is 25.5 Å². The van der Waals surface area contributed by atoms with Crippen molar-refractivity contribution in [1.82, 2.24) is 15.0 Å². The van der Waals surface area contributed by atoms with E-state index < -0.39 is 17.7 Å². The third-order valence-electron chi connectivity index (χ3n) is 5.21. The molecule has 28 heavy (non-hydrogen) atoms. The molecule has 1 aliphatic rings. The minimum Gasteiger partial charge on any atom is -0.337 e. The van der Waals surface area contributed by atoms with Crippen molar-refractivity contribution in [1.29, 1.82) is 0 Å². The average molecular weight is 383 g/mol. The van der Waals surface area contributed by atoms with Crippen molar-refractivity contribution < 1.29 is 18.1 Å². The third kappa shape index (κ3) is 3.28. The summed E-state index contributed by atoms with van der Waals surface area (Å²) in [4.78, 5) is 18.2. The highest BCUT2D eigenvalue weighted by atomic mass is 19.1. The number of likely N-dealkylation sites (tertiary alicyclic amines) is 1. The van der Waals surface area contributed by atoms with Crippen LogP contribution in [0.4, 0.5) is 8.78 Å². The lowest BCUT2D eigenvalue weighted by Gasteiger charge is -2.22. The van der Waals surface area contributed by atoms with Crippen LogP contribution in [0.3, 0.4) is 0 Å². The van der Waals surface area contributed by atoms with Crippen molar-refractivity contribution in [2.24, 2.45) is 0 Å². The third-order valence-corrected chi connectivity index (χ3v) is 5.21. The Morgan fingerprint density at radius 1 is 1.14 bits per heavy atom. The van der Waals surface area contributed by atoms with Gasteiger partial charge in [-0.05, 0) is 49.6 Å². The largest absolute Gasteiger partial charge is 0.337 e. The molecule has 2 heterocycles. The predicted octanol–water partition coefficient (Wildman–Crippen LogP) is 4.50. The van der Waals surface area contributed by atoms with Crippen molar-refractivity contribution >= 4 is 5.91 Å². The van der Waals surface area contributed by atoms with Gasteiger partial charge in [0.2, 0.25) is 17.6 Å². The van der Waals surface area contributed by atoms with E-state index in [1.54, 1.807) is 0 Å². The topological polar surface area (TPSA) is 59.2 Å². The highest BCUT2D eigenvalue weighted by molar-refractivity contribution is 5.78. The Morgan fingerprint density at radius 2 is 1.89 bits per heavy atom. The van der Waals surface area contributed by atoms with Crippen LogP contribution in [0.15, 0.2) is 40.9 Å². The molecular formula is C21H19F2N3O2. The zero-order valence-electron chi connectivity index (χ0n) is 15.6. The lowest BCUT2D eigenvalue weighted by atomic mass is 10.1. The molecule has 0 saturated carbocycles. The molecule has 5 nitrogen and oxygen atoms in total. The number of benzene rings is 2. The fourth-order valence-electron chi connectivity index (χ4n) is 3.41. The number of rotatable bonds is 4. The Labute approximate surface area is 161 Å². The van der Waals surface area contributed by atoms with Gasteiger partial charge < -0.3 is 9.42 Å². The second-order valence-electron chi connectivity index (χ2n) is 7.03. The SMILES string of the molecule is Cc1ccc(-c2noc(C3CCC(=O)N3Cc3c(F)cccc3F)n2)cc1C. The number of aryl methyl sites for hydroxylation is 2. The van der Waals surface area contributed by atoms with Crippen LogP contribution in [0.1, 0.15) is 41.5 Å². The van der Waals surface area contributed by atoms with Gasteiger partial charge in [-0.15, -0.1) is 0 Å². The van der Waals surface area contributed by atoms with Crippen molar-refractivity contribution in [3.8, 4) is 11.4 Å². The minimum atomic E-state index is -0.681. The number of hydrogen-bond acceptors (Lipinski definition) is 4. The van der Waals surface area contributed by atoms with Gasteiger partial charge in [0, 0.05) is 17.5 Å². The van der Waals surface area contributed by atoms with Crippen molar-refractivity contribution in [3.63, 3.8) is 0 Å². The highest BCUT2D eigenvalue weighted by Gasteiger charge is 2.37. The van der Waals surface area contributed by atoms with Crippen LogP contribution in [0.2, 0.25) is 0 Å². The van der Waals surface area contributed by atoms with Gasteiger partial charge in [0.1, 0.15) is 17.7 Å². The average Bonchev–Trinajstić information content (AvgIpc) is 3.28. The number of hydrogen-bond donors (Lipinski definition) is 0. The number of carbonyl (C=O) groups is 1. The first-order valence-electron chi connectivity index (χ1n) is 9.07. The van der Waals surface area contributed by atoms with Crippen LogP contribution in [-0.2, 0) is 11.3 Å². The minimum absolute atomic E-state index is 0.142. The van der Waals surface area contributed by atoms with Crippen molar-refractivity contribution in [2.75, 3.05) is 0 Å². The molecule has 1 atom stereocenters. The van der Waals surface area contributed by atoms with Gasteiger partial charge in [-0.2, -0.15) is 4.98 Å². The molecule has 2 aromatic carbocycles. The number of aromatic nitrogens is 2. The second-order valence-corrected chi connectivity index (χ2v) is 7.03. The van der Waals surface area contributed by atoms with Crippen LogP contribution in [0.5, 0.6) is 0 Å². The number of halogens is 2. The van der Waals surface area contributed by atoms with Gasteiger partial charge in [-0.3, -0.25) is 4.79 Å². The van der Waals surface area contributed by atoms with E-state index in [9.17, 15) is 13.6 Å². The van der Waals surface area contributed by atoms with Gasteiger partial charge in [-0.1, -0.05) is 23.4 Å². The summed E-state index contributed by atoms with van der Waals surface area (Å²) in [5.41, 5.74) is 2.94. The summed E-state index contributed by atoms with van der Waals surface area (Å²) in [6.07, 6.45) is 0.728. The van der Waals surface area contributed by atoms with Crippen LogP contribution in [-0.4, -0.2) is 20.9 Å². The zero-order valence-corrected chi connectivity index (χ0v) is 15.6. The molecule has 7 heteroatoms. The first-order valence-corrected chi connectivity index (χ1v) is 9.07. The molecular weight excluding hydrogens is 364 g/mol. The Hall–Kier alpha value is -3.09. The molecule has 0 N–H and O–H groups in total. The lowest BCUT2D eigenvalue weighted by molar-refractivity contribution is -0.130. The quantitative estimate of drug-likeness (QED) is 0.666. The maximum atomic E-state index is 14.0. The summed E-state index contributed by atoms with van der Waals surface area (Å²) in [6.45, 7) is 3.84. The zero-order chi connectivity index (χ0) is 19.8. The molecule has 1 aliphatic heterocycles. The summed E-state index contributed by atoms with van der Waals surface area (Å²) in [5.74, 6) is -0.858. The fourth-order valence-corrected chi connectivity index (χ4v) is 3.41. The second kappa shape index (κ2) is 7.14. The van der Waals surface area contributed by atoms with Crippen molar-refractivity contribution in [2.45, 2.75) is 39.3 Å². The van der Waals surface area contributed by atoms with E-state index in [1.807, 2.05) is 32.0 Å². The fraction of sp³-hybridized carbons (Fsp3) is 0.286. The van der Waals surface area contributed by atoms with Gasteiger partial charge in [-0.25, -0.2) is 8.78 Å². The van der Waals surface area contributed by atoms with E-state index in [2.05, 4.69) is 10.1 Å². The Balaban J connectivity index is 1.62. The molecule has 1 unspecified atom stereocenters. The van der Waals surface area contributed by atoms with Gasteiger partial charge in [0.15, 0.2) is 0 Å². The van der Waals surface area contributed by atoms with E-state index in [4.69, 9.17) is 4.52 Å². The number of amides is 1. The normalized spacial score (nSPS) is 16.8. The smallest absolute Gasteiger partial charge is 0.249 e. The first kappa shape index (κ1) is 18.3. The lowest BCUT2D eigenvalue weighted by Crippen LogP contribution is -2.28. The van der Waals surface area contributed by atoms with Gasteiger partial charge >= 0.3 is 0 Å². The molecule has 0 bridgehead atoms. The summed E-state index contributed by atoms with van der Waals surface area (Å²) in [6, 6.07) is 9.01. The molecule has 1 fully saturated rings. The summed E-state index contributed by atoms with van der Waals surface area (Å²) in [7, 11) is 0. The Bertz CT molecular complexity index is 1030. The maximum absolute atomic E-state index is 14.0. The molecule has 4 rings (SSSR count). The Kier molecular flexibility index (Phi) is 4.66. The van der Waals surface area contributed by atoms with Gasteiger partial charge in [0.05, 0.1) is 6.54 Å². The highest BCUT2D eigenvalue weighted by Crippen LogP contribution is 2.35. The van der Waals surface area contributed by atoms with E-state index in [-0.39, 0.29) is 30.3 Å². The molecule has 3 aromatic rings. The molecule has 0 radical (unpaired) electrons. The van der Waals surface area contributed by atoms with E-state index in [1.165, 1.54) is 23.1 Å². The summed E-state index contributed by atoms with van der Waals surface area (Å²) >= 11 is 0. The maximum Gasteiger partial charge on any atom is 0.249 e.